The van der Waals surface area contributed by atoms with Crippen LogP contribution in [0.1, 0.15) is 19.3 Å². The first kappa shape index (κ1) is 13.3. The van der Waals surface area contributed by atoms with Crippen LogP contribution in [0, 0.1) is 0 Å². The maximum absolute atomic E-state index is 11.4. The SMILES string of the molecule is COC1(CNc2ccccc2S(N)(=O)=O)CCC1. The van der Waals surface area contributed by atoms with Crippen molar-refractivity contribution in [3.63, 3.8) is 0 Å². The molecule has 1 aromatic rings. The number of ether oxygens (including phenoxy) is 1. The number of benzene rings is 1. The Labute approximate surface area is 107 Å². The van der Waals surface area contributed by atoms with E-state index in [4.69, 9.17) is 9.88 Å². The van der Waals surface area contributed by atoms with Crippen molar-refractivity contribution in [3.8, 4) is 0 Å². The maximum Gasteiger partial charge on any atom is 0.240 e. The number of anilines is 1. The molecular weight excluding hydrogens is 252 g/mol. The van der Waals surface area contributed by atoms with Gasteiger partial charge < -0.3 is 10.1 Å². The van der Waals surface area contributed by atoms with Crippen LogP contribution in [0.3, 0.4) is 0 Å². The van der Waals surface area contributed by atoms with Crippen molar-refractivity contribution in [3.05, 3.63) is 24.3 Å². The lowest BCUT2D eigenvalue weighted by atomic mass is 9.80. The van der Waals surface area contributed by atoms with Crippen LogP contribution in [-0.4, -0.2) is 27.7 Å². The molecule has 0 spiro atoms. The lowest BCUT2D eigenvalue weighted by Crippen LogP contribution is -2.45. The van der Waals surface area contributed by atoms with Gasteiger partial charge in [-0.3, -0.25) is 0 Å². The fourth-order valence-electron chi connectivity index (χ4n) is 2.14. The fourth-order valence-corrected chi connectivity index (χ4v) is 2.86. The van der Waals surface area contributed by atoms with E-state index in [9.17, 15) is 8.42 Å². The fraction of sp³-hybridized carbons (Fsp3) is 0.500. The quantitative estimate of drug-likeness (QED) is 0.845. The number of sulfonamides is 1. The minimum atomic E-state index is -3.70. The Morgan fingerprint density at radius 3 is 2.56 bits per heavy atom. The third-order valence-electron chi connectivity index (χ3n) is 3.49. The van der Waals surface area contributed by atoms with E-state index >= 15 is 0 Å². The number of hydrogen-bond donors (Lipinski definition) is 2. The molecule has 0 bridgehead atoms. The van der Waals surface area contributed by atoms with Gasteiger partial charge in [-0.25, -0.2) is 13.6 Å². The molecule has 18 heavy (non-hydrogen) atoms. The molecule has 0 amide bonds. The normalized spacial score (nSPS) is 18.1. The molecule has 0 radical (unpaired) electrons. The molecule has 2 rings (SSSR count). The zero-order valence-electron chi connectivity index (χ0n) is 10.3. The molecule has 0 atom stereocenters. The standard InChI is InChI=1S/C12H18N2O3S/c1-17-12(7-4-8-12)9-14-10-5-2-3-6-11(10)18(13,15)16/h2-3,5-6,14H,4,7-9H2,1H3,(H2,13,15,16). The summed E-state index contributed by atoms with van der Waals surface area (Å²) in [5, 5.41) is 8.31. The summed E-state index contributed by atoms with van der Waals surface area (Å²) in [5.74, 6) is 0. The van der Waals surface area contributed by atoms with Gasteiger partial charge in [0.25, 0.3) is 0 Å². The van der Waals surface area contributed by atoms with Crippen molar-refractivity contribution in [1.82, 2.24) is 0 Å². The van der Waals surface area contributed by atoms with Crippen LogP contribution in [0.2, 0.25) is 0 Å². The summed E-state index contributed by atoms with van der Waals surface area (Å²) < 4.78 is 28.4. The first-order valence-corrected chi connectivity index (χ1v) is 7.42. The van der Waals surface area contributed by atoms with Gasteiger partial charge >= 0.3 is 0 Å². The number of rotatable bonds is 5. The summed E-state index contributed by atoms with van der Waals surface area (Å²) in [6.45, 7) is 0.593. The molecular formula is C12H18N2O3S. The van der Waals surface area contributed by atoms with Gasteiger partial charge in [-0.2, -0.15) is 0 Å². The van der Waals surface area contributed by atoms with Crippen LogP contribution < -0.4 is 10.5 Å². The minimum absolute atomic E-state index is 0.121. The van der Waals surface area contributed by atoms with Crippen molar-refractivity contribution in [2.75, 3.05) is 19.0 Å². The summed E-state index contributed by atoms with van der Waals surface area (Å²) in [7, 11) is -2.01. The van der Waals surface area contributed by atoms with E-state index in [-0.39, 0.29) is 10.5 Å². The Morgan fingerprint density at radius 2 is 2.06 bits per heavy atom. The molecule has 1 fully saturated rings. The first-order valence-electron chi connectivity index (χ1n) is 5.88. The average Bonchev–Trinajstić information content (AvgIpc) is 2.27. The molecule has 0 unspecified atom stereocenters. The molecule has 6 heteroatoms. The maximum atomic E-state index is 11.4. The highest BCUT2D eigenvalue weighted by Gasteiger charge is 2.36. The molecule has 0 aliphatic heterocycles. The Morgan fingerprint density at radius 1 is 1.39 bits per heavy atom. The first-order chi connectivity index (χ1) is 8.47. The third kappa shape index (κ3) is 2.66. The molecule has 1 aliphatic carbocycles. The molecule has 0 aromatic heterocycles. The molecule has 0 saturated heterocycles. The highest BCUT2D eigenvalue weighted by Crippen LogP contribution is 2.35. The number of nitrogens with one attached hydrogen (secondary N) is 1. The summed E-state index contributed by atoms with van der Waals surface area (Å²) in [4.78, 5) is 0.121. The number of methoxy groups -OCH3 is 1. The van der Waals surface area contributed by atoms with Crippen LogP contribution in [-0.2, 0) is 14.8 Å². The van der Waals surface area contributed by atoms with Crippen molar-refractivity contribution >= 4 is 15.7 Å². The Hall–Kier alpha value is -1.11. The summed E-state index contributed by atoms with van der Waals surface area (Å²) >= 11 is 0. The van der Waals surface area contributed by atoms with Crippen LogP contribution in [0.15, 0.2) is 29.2 Å². The van der Waals surface area contributed by atoms with Gasteiger partial charge in [-0.05, 0) is 31.4 Å². The predicted octanol–water partition coefficient (Wildman–Crippen LogP) is 1.31. The van der Waals surface area contributed by atoms with E-state index in [1.165, 1.54) is 6.07 Å². The number of hydrogen-bond acceptors (Lipinski definition) is 4. The Kier molecular flexibility index (Phi) is 3.61. The lowest BCUT2D eigenvalue weighted by Gasteiger charge is -2.40. The molecule has 1 aromatic carbocycles. The van der Waals surface area contributed by atoms with Gasteiger partial charge in [0.15, 0.2) is 0 Å². The van der Waals surface area contributed by atoms with Crippen LogP contribution in [0.4, 0.5) is 5.69 Å². The average molecular weight is 270 g/mol. The summed E-state index contributed by atoms with van der Waals surface area (Å²) in [5.41, 5.74) is 0.370. The van der Waals surface area contributed by atoms with E-state index in [0.717, 1.165) is 19.3 Å². The predicted molar refractivity (Wildman–Crippen MR) is 69.9 cm³/mol. The molecule has 1 saturated carbocycles. The van der Waals surface area contributed by atoms with Gasteiger partial charge in [0.1, 0.15) is 4.90 Å². The second kappa shape index (κ2) is 4.87. The highest BCUT2D eigenvalue weighted by molar-refractivity contribution is 7.89. The topological polar surface area (TPSA) is 81.4 Å². The van der Waals surface area contributed by atoms with E-state index in [2.05, 4.69) is 5.32 Å². The molecule has 1 aliphatic rings. The van der Waals surface area contributed by atoms with Gasteiger partial charge in [0.2, 0.25) is 10.0 Å². The summed E-state index contributed by atoms with van der Waals surface area (Å²) in [6, 6.07) is 6.64. The van der Waals surface area contributed by atoms with E-state index in [1.807, 2.05) is 0 Å². The van der Waals surface area contributed by atoms with E-state index < -0.39 is 10.0 Å². The third-order valence-corrected chi connectivity index (χ3v) is 4.46. The monoisotopic (exact) mass is 270 g/mol. The zero-order valence-corrected chi connectivity index (χ0v) is 11.2. The van der Waals surface area contributed by atoms with Crippen molar-refractivity contribution in [1.29, 1.82) is 0 Å². The van der Waals surface area contributed by atoms with Gasteiger partial charge in [-0.15, -0.1) is 0 Å². The van der Waals surface area contributed by atoms with Gasteiger partial charge in [0, 0.05) is 13.7 Å². The molecule has 3 N–H and O–H groups in total. The number of primary sulfonamides is 1. The van der Waals surface area contributed by atoms with Crippen molar-refractivity contribution in [2.24, 2.45) is 5.14 Å². The van der Waals surface area contributed by atoms with Crippen LogP contribution in [0.25, 0.3) is 0 Å². The Bertz CT molecular complexity index is 518. The molecule has 5 nitrogen and oxygen atoms in total. The van der Waals surface area contributed by atoms with Crippen molar-refractivity contribution < 1.29 is 13.2 Å². The van der Waals surface area contributed by atoms with E-state index in [0.29, 0.717) is 12.2 Å². The molecule has 100 valence electrons. The van der Waals surface area contributed by atoms with E-state index in [1.54, 1.807) is 25.3 Å². The van der Waals surface area contributed by atoms with Crippen molar-refractivity contribution in [2.45, 2.75) is 29.8 Å². The smallest absolute Gasteiger partial charge is 0.240 e. The lowest BCUT2D eigenvalue weighted by molar-refractivity contribution is -0.0601. The van der Waals surface area contributed by atoms with Gasteiger partial charge in [0.05, 0.1) is 11.3 Å². The minimum Gasteiger partial charge on any atom is -0.381 e. The second-order valence-corrected chi connectivity index (χ2v) is 6.17. The summed E-state index contributed by atoms with van der Waals surface area (Å²) in [6.07, 6.45) is 3.13. The Balaban J connectivity index is 2.15. The number of para-hydroxylation sites is 1. The second-order valence-electron chi connectivity index (χ2n) is 4.64. The zero-order chi connectivity index (χ0) is 13.2. The van der Waals surface area contributed by atoms with Gasteiger partial charge in [-0.1, -0.05) is 12.1 Å². The highest BCUT2D eigenvalue weighted by atomic mass is 32.2. The largest absolute Gasteiger partial charge is 0.381 e. The van der Waals surface area contributed by atoms with Crippen LogP contribution >= 0.6 is 0 Å². The molecule has 0 heterocycles. The van der Waals surface area contributed by atoms with Crippen LogP contribution in [0.5, 0.6) is 0 Å². The number of nitrogens with two attached hydrogens (primary N) is 1.